The molecule has 3 rings (SSSR count). The molecule has 0 N–H and O–H groups in total. The normalized spacial score (nSPS) is 11.1. The van der Waals surface area contributed by atoms with Crippen molar-refractivity contribution in [3.63, 3.8) is 0 Å². The van der Waals surface area contributed by atoms with Crippen LogP contribution >= 0.6 is 11.6 Å². The fraction of sp³-hybridized carbons (Fsp3) is 0.154. The minimum absolute atomic E-state index is 0.527. The summed E-state index contributed by atoms with van der Waals surface area (Å²) in [6, 6.07) is 3.89. The van der Waals surface area contributed by atoms with Crippen molar-refractivity contribution in [3.8, 4) is 11.4 Å². The zero-order valence-corrected chi connectivity index (χ0v) is 10.8. The molecule has 0 saturated heterocycles. The third kappa shape index (κ3) is 1.66. The van der Waals surface area contributed by atoms with Crippen LogP contribution in [0.4, 0.5) is 0 Å². The summed E-state index contributed by atoms with van der Waals surface area (Å²) >= 11 is 5.94. The zero-order chi connectivity index (χ0) is 12.7. The van der Waals surface area contributed by atoms with Crippen LogP contribution in [0.15, 0.2) is 30.7 Å². The van der Waals surface area contributed by atoms with Crippen molar-refractivity contribution in [2.24, 2.45) is 7.05 Å². The highest BCUT2D eigenvalue weighted by Crippen LogP contribution is 2.24. The van der Waals surface area contributed by atoms with Crippen molar-refractivity contribution in [3.05, 3.63) is 41.4 Å². The molecular weight excluding hydrogens is 248 g/mol. The molecule has 0 saturated carbocycles. The van der Waals surface area contributed by atoms with Crippen LogP contribution in [-0.2, 0) is 7.05 Å². The number of aryl methyl sites for hydroxylation is 2. The van der Waals surface area contributed by atoms with Crippen molar-refractivity contribution in [2.75, 3.05) is 0 Å². The van der Waals surface area contributed by atoms with Gasteiger partial charge in [-0.3, -0.25) is 4.98 Å². The smallest absolute Gasteiger partial charge is 0.142 e. The SMILES string of the molecule is Cc1cc(-c2nc3ccncc3n2C)cnc1Cl. The van der Waals surface area contributed by atoms with Crippen LogP contribution in [-0.4, -0.2) is 19.5 Å². The van der Waals surface area contributed by atoms with Crippen LogP contribution in [0.25, 0.3) is 22.4 Å². The van der Waals surface area contributed by atoms with E-state index in [0.717, 1.165) is 28.0 Å². The maximum absolute atomic E-state index is 5.94. The Morgan fingerprint density at radius 2 is 2.11 bits per heavy atom. The lowest BCUT2D eigenvalue weighted by Crippen LogP contribution is -1.94. The average Bonchev–Trinajstić information content (AvgIpc) is 2.71. The van der Waals surface area contributed by atoms with Crippen LogP contribution in [0.1, 0.15) is 5.56 Å². The number of imidazole rings is 1. The number of pyridine rings is 2. The van der Waals surface area contributed by atoms with Gasteiger partial charge in [0.25, 0.3) is 0 Å². The molecule has 0 amide bonds. The predicted octanol–water partition coefficient (Wildman–Crippen LogP) is 2.99. The second-order valence-corrected chi connectivity index (χ2v) is 4.55. The molecule has 0 bridgehead atoms. The standard InChI is InChI=1S/C13H11ClN4/c1-8-5-9(6-16-12(8)14)13-17-10-3-4-15-7-11(10)18(13)2/h3-7H,1-2H3. The van der Waals surface area contributed by atoms with Crippen LogP contribution in [0.2, 0.25) is 5.15 Å². The lowest BCUT2D eigenvalue weighted by atomic mass is 10.2. The van der Waals surface area contributed by atoms with Gasteiger partial charge in [0.15, 0.2) is 0 Å². The molecular formula is C13H11ClN4. The first kappa shape index (κ1) is 11.2. The number of rotatable bonds is 1. The van der Waals surface area contributed by atoms with Crippen LogP contribution < -0.4 is 0 Å². The van der Waals surface area contributed by atoms with Gasteiger partial charge in [-0.15, -0.1) is 0 Å². The summed E-state index contributed by atoms with van der Waals surface area (Å²) in [5.74, 6) is 0.866. The highest BCUT2D eigenvalue weighted by atomic mass is 35.5. The Bertz CT molecular complexity index is 733. The molecule has 90 valence electrons. The molecule has 0 aliphatic rings. The highest BCUT2D eigenvalue weighted by Gasteiger charge is 2.10. The Labute approximate surface area is 109 Å². The van der Waals surface area contributed by atoms with E-state index in [1.54, 1.807) is 12.4 Å². The lowest BCUT2D eigenvalue weighted by molar-refractivity contribution is 0.954. The van der Waals surface area contributed by atoms with E-state index in [2.05, 4.69) is 15.0 Å². The number of hydrogen-bond acceptors (Lipinski definition) is 3. The van der Waals surface area contributed by atoms with Crippen molar-refractivity contribution in [1.82, 2.24) is 19.5 Å². The lowest BCUT2D eigenvalue weighted by Gasteiger charge is -2.03. The zero-order valence-electron chi connectivity index (χ0n) is 10.1. The van der Waals surface area contributed by atoms with Crippen molar-refractivity contribution >= 4 is 22.6 Å². The Balaban J connectivity index is 2.25. The minimum Gasteiger partial charge on any atom is -0.326 e. The van der Waals surface area contributed by atoms with E-state index in [0.29, 0.717) is 5.15 Å². The number of aromatic nitrogens is 4. The molecule has 5 heteroatoms. The third-order valence-electron chi connectivity index (χ3n) is 2.96. The maximum atomic E-state index is 5.94. The second kappa shape index (κ2) is 4.07. The average molecular weight is 259 g/mol. The summed E-state index contributed by atoms with van der Waals surface area (Å²) in [6.45, 7) is 1.93. The van der Waals surface area contributed by atoms with E-state index >= 15 is 0 Å². The quantitative estimate of drug-likeness (QED) is 0.630. The fourth-order valence-electron chi connectivity index (χ4n) is 1.97. The molecule has 3 aromatic rings. The molecule has 0 aliphatic heterocycles. The summed E-state index contributed by atoms with van der Waals surface area (Å²) in [6.07, 6.45) is 5.29. The van der Waals surface area contributed by atoms with Crippen molar-refractivity contribution < 1.29 is 0 Å². The van der Waals surface area contributed by atoms with E-state index in [1.807, 2.05) is 36.9 Å². The molecule has 0 radical (unpaired) electrons. The predicted molar refractivity (Wildman–Crippen MR) is 71.5 cm³/mol. The Hall–Kier alpha value is -1.94. The van der Waals surface area contributed by atoms with E-state index in [4.69, 9.17) is 11.6 Å². The topological polar surface area (TPSA) is 43.6 Å². The first-order chi connectivity index (χ1) is 8.66. The summed E-state index contributed by atoms with van der Waals surface area (Å²) in [5, 5.41) is 0.527. The monoisotopic (exact) mass is 258 g/mol. The van der Waals surface area contributed by atoms with Crippen molar-refractivity contribution in [2.45, 2.75) is 6.92 Å². The summed E-state index contributed by atoms with van der Waals surface area (Å²) in [7, 11) is 1.97. The molecule has 0 atom stereocenters. The molecule has 0 spiro atoms. The molecule has 0 unspecified atom stereocenters. The van der Waals surface area contributed by atoms with Crippen LogP contribution in [0, 0.1) is 6.92 Å². The van der Waals surface area contributed by atoms with Gasteiger partial charge in [0.05, 0.1) is 17.2 Å². The third-order valence-corrected chi connectivity index (χ3v) is 3.35. The summed E-state index contributed by atoms with van der Waals surface area (Å²) in [5.41, 5.74) is 3.82. The second-order valence-electron chi connectivity index (χ2n) is 4.19. The van der Waals surface area contributed by atoms with Crippen LogP contribution in [0.3, 0.4) is 0 Å². The van der Waals surface area contributed by atoms with Crippen LogP contribution in [0.5, 0.6) is 0 Å². The van der Waals surface area contributed by atoms with Gasteiger partial charge in [-0.2, -0.15) is 0 Å². The molecule has 3 heterocycles. The number of fused-ring (bicyclic) bond motifs is 1. The molecule has 3 aromatic heterocycles. The number of hydrogen-bond donors (Lipinski definition) is 0. The molecule has 18 heavy (non-hydrogen) atoms. The van der Waals surface area contributed by atoms with Gasteiger partial charge in [0.1, 0.15) is 11.0 Å². The van der Waals surface area contributed by atoms with Gasteiger partial charge in [0.2, 0.25) is 0 Å². The van der Waals surface area contributed by atoms with Gasteiger partial charge in [-0.25, -0.2) is 9.97 Å². The summed E-state index contributed by atoms with van der Waals surface area (Å²) in [4.78, 5) is 12.9. The van der Waals surface area contributed by atoms with E-state index in [9.17, 15) is 0 Å². The first-order valence-electron chi connectivity index (χ1n) is 5.56. The molecule has 0 aliphatic carbocycles. The van der Waals surface area contributed by atoms with E-state index < -0.39 is 0 Å². The Morgan fingerprint density at radius 1 is 1.28 bits per heavy atom. The summed E-state index contributed by atoms with van der Waals surface area (Å²) < 4.78 is 2.01. The maximum Gasteiger partial charge on any atom is 0.142 e. The van der Waals surface area contributed by atoms with Gasteiger partial charge < -0.3 is 4.57 Å². The van der Waals surface area contributed by atoms with Gasteiger partial charge in [-0.1, -0.05) is 11.6 Å². The minimum atomic E-state index is 0.527. The Morgan fingerprint density at radius 3 is 2.83 bits per heavy atom. The number of halogens is 1. The van der Waals surface area contributed by atoms with Gasteiger partial charge >= 0.3 is 0 Å². The first-order valence-corrected chi connectivity index (χ1v) is 5.93. The van der Waals surface area contributed by atoms with Gasteiger partial charge in [0, 0.05) is 25.0 Å². The van der Waals surface area contributed by atoms with Crippen molar-refractivity contribution in [1.29, 1.82) is 0 Å². The largest absolute Gasteiger partial charge is 0.326 e. The van der Waals surface area contributed by atoms with E-state index in [-0.39, 0.29) is 0 Å². The van der Waals surface area contributed by atoms with E-state index in [1.165, 1.54) is 0 Å². The highest BCUT2D eigenvalue weighted by molar-refractivity contribution is 6.30. The molecule has 0 aromatic carbocycles. The number of nitrogens with zero attached hydrogens (tertiary/aromatic N) is 4. The Kier molecular flexibility index (Phi) is 2.52. The van der Waals surface area contributed by atoms with Gasteiger partial charge in [-0.05, 0) is 24.6 Å². The fourth-order valence-corrected chi connectivity index (χ4v) is 2.08. The molecule has 0 fully saturated rings. The molecule has 4 nitrogen and oxygen atoms in total.